The Hall–Kier alpha value is -1.20. The second-order valence-electron chi connectivity index (χ2n) is 3.81. The van der Waals surface area contributed by atoms with Crippen LogP contribution in [0, 0.1) is 0 Å². The Balaban J connectivity index is 2.94. The van der Waals surface area contributed by atoms with Crippen molar-refractivity contribution in [1.29, 1.82) is 0 Å². The summed E-state index contributed by atoms with van der Waals surface area (Å²) in [6, 6.07) is 0. The summed E-state index contributed by atoms with van der Waals surface area (Å²) in [6.45, 7) is 6.88. The minimum absolute atomic E-state index is 0.0459. The van der Waals surface area contributed by atoms with Crippen molar-refractivity contribution in [3.63, 3.8) is 0 Å². The lowest BCUT2D eigenvalue weighted by molar-refractivity contribution is -0.823. The van der Waals surface area contributed by atoms with Gasteiger partial charge in [-0.05, 0) is 13.0 Å². The highest BCUT2D eigenvalue weighted by Crippen LogP contribution is 2.17. The fourth-order valence-electron chi connectivity index (χ4n) is 2.06. The lowest BCUT2D eigenvalue weighted by Gasteiger charge is -2.32. The Bertz CT molecular complexity index is 299. The number of amidine groups is 1. The van der Waals surface area contributed by atoms with Gasteiger partial charge in [0.1, 0.15) is 19.2 Å². The molecule has 2 unspecified atom stereocenters. The SMILES string of the molecule is C=CC[N+]1(CC(=O)O)CCN=C1C(C)O. The molecule has 0 bridgehead atoms. The lowest BCUT2D eigenvalue weighted by atomic mass is 10.2. The van der Waals surface area contributed by atoms with Crippen LogP contribution in [0.4, 0.5) is 0 Å². The minimum atomic E-state index is -0.882. The number of nitrogens with zero attached hydrogens (tertiary/aromatic N) is 2. The maximum Gasteiger partial charge on any atom is 0.359 e. The predicted molar refractivity (Wildman–Crippen MR) is 56.7 cm³/mol. The maximum atomic E-state index is 10.8. The Morgan fingerprint density at radius 3 is 2.93 bits per heavy atom. The molecule has 0 fully saturated rings. The van der Waals surface area contributed by atoms with Gasteiger partial charge in [0.05, 0.1) is 6.54 Å². The third-order valence-electron chi connectivity index (χ3n) is 2.58. The van der Waals surface area contributed by atoms with Crippen molar-refractivity contribution in [2.24, 2.45) is 4.99 Å². The maximum absolute atomic E-state index is 10.8. The first-order valence-electron chi connectivity index (χ1n) is 4.93. The molecule has 0 saturated carbocycles. The number of carbonyl (C=O) groups is 1. The van der Waals surface area contributed by atoms with E-state index in [0.717, 1.165) is 0 Å². The Labute approximate surface area is 88.9 Å². The molecule has 2 N–H and O–H groups in total. The van der Waals surface area contributed by atoms with Gasteiger partial charge in [0, 0.05) is 0 Å². The van der Waals surface area contributed by atoms with Crippen LogP contribution in [0.2, 0.25) is 0 Å². The van der Waals surface area contributed by atoms with Crippen LogP contribution in [-0.4, -0.2) is 58.8 Å². The van der Waals surface area contributed by atoms with Crippen molar-refractivity contribution in [3.8, 4) is 0 Å². The molecule has 15 heavy (non-hydrogen) atoms. The zero-order valence-corrected chi connectivity index (χ0v) is 8.89. The highest BCUT2D eigenvalue weighted by Gasteiger charge is 2.41. The summed E-state index contributed by atoms with van der Waals surface area (Å²) < 4.78 is 0.205. The molecule has 0 spiro atoms. The number of carboxylic acids is 1. The van der Waals surface area contributed by atoms with Gasteiger partial charge in [-0.15, -0.1) is 0 Å². The van der Waals surface area contributed by atoms with E-state index in [4.69, 9.17) is 5.11 Å². The summed E-state index contributed by atoms with van der Waals surface area (Å²) in [5.41, 5.74) is 0. The molecule has 1 aliphatic heterocycles. The van der Waals surface area contributed by atoms with Crippen molar-refractivity contribution in [3.05, 3.63) is 12.7 Å². The van der Waals surface area contributed by atoms with Crippen LogP contribution in [-0.2, 0) is 4.79 Å². The molecule has 0 amide bonds. The summed E-state index contributed by atoms with van der Waals surface area (Å²) >= 11 is 0. The molecule has 0 aliphatic carbocycles. The van der Waals surface area contributed by atoms with Crippen molar-refractivity contribution < 1.29 is 19.5 Å². The van der Waals surface area contributed by atoms with Gasteiger partial charge in [0.15, 0.2) is 6.54 Å². The monoisotopic (exact) mass is 213 g/mol. The summed E-state index contributed by atoms with van der Waals surface area (Å²) in [6.07, 6.45) is 0.971. The summed E-state index contributed by atoms with van der Waals surface area (Å²) in [4.78, 5) is 15.0. The number of hydrogen-bond acceptors (Lipinski definition) is 3. The van der Waals surface area contributed by atoms with E-state index in [-0.39, 0.29) is 11.0 Å². The van der Waals surface area contributed by atoms with Crippen molar-refractivity contribution in [2.75, 3.05) is 26.2 Å². The van der Waals surface area contributed by atoms with E-state index in [1.54, 1.807) is 13.0 Å². The number of rotatable bonds is 5. The van der Waals surface area contributed by atoms with E-state index in [0.29, 0.717) is 25.5 Å². The van der Waals surface area contributed by atoms with E-state index >= 15 is 0 Å². The van der Waals surface area contributed by atoms with Crippen molar-refractivity contribution in [1.82, 2.24) is 0 Å². The first-order chi connectivity index (χ1) is 7.02. The van der Waals surface area contributed by atoms with E-state index in [9.17, 15) is 9.90 Å². The van der Waals surface area contributed by atoms with Gasteiger partial charge in [-0.2, -0.15) is 0 Å². The number of aliphatic hydroxyl groups is 1. The highest BCUT2D eigenvalue weighted by atomic mass is 16.4. The van der Waals surface area contributed by atoms with Crippen molar-refractivity contribution in [2.45, 2.75) is 13.0 Å². The fourth-order valence-corrected chi connectivity index (χ4v) is 2.06. The summed E-state index contributed by atoms with van der Waals surface area (Å²) in [5.74, 6) is -0.329. The first kappa shape index (κ1) is 11.9. The zero-order valence-electron chi connectivity index (χ0n) is 8.89. The van der Waals surface area contributed by atoms with Gasteiger partial charge in [-0.3, -0.25) is 4.48 Å². The number of aliphatic carboxylic acids is 1. The van der Waals surface area contributed by atoms with Gasteiger partial charge < -0.3 is 10.2 Å². The van der Waals surface area contributed by atoms with Crippen molar-refractivity contribution >= 4 is 11.8 Å². The zero-order chi connectivity index (χ0) is 11.5. The molecule has 0 saturated heterocycles. The Morgan fingerprint density at radius 1 is 1.80 bits per heavy atom. The number of quaternary nitrogens is 1. The molecule has 0 aromatic heterocycles. The van der Waals surface area contributed by atoms with Gasteiger partial charge in [-0.25, -0.2) is 9.79 Å². The molecule has 5 heteroatoms. The van der Waals surface area contributed by atoms with E-state index in [2.05, 4.69) is 11.6 Å². The van der Waals surface area contributed by atoms with E-state index in [1.165, 1.54) is 0 Å². The van der Waals surface area contributed by atoms with E-state index in [1.807, 2.05) is 0 Å². The number of aliphatic hydroxyl groups excluding tert-OH is 1. The van der Waals surface area contributed by atoms with Crippen LogP contribution in [0.25, 0.3) is 0 Å². The largest absolute Gasteiger partial charge is 0.477 e. The number of aliphatic imine (C=N–C) groups is 1. The molecule has 0 aromatic rings. The van der Waals surface area contributed by atoms with Gasteiger partial charge in [0.25, 0.3) is 0 Å². The minimum Gasteiger partial charge on any atom is -0.477 e. The normalized spacial score (nSPS) is 27.2. The lowest BCUT2D eigenvalue weighted by Crippen LogP contribution is -2.56. The third-order valence-corrected chi connectivity index (χ3v) is 2.58. The van der Waals surface area contributed by atoms with Crippen LogP contribution < -0.4 is 0 Å². The summed E-state index contributed by atoms with van der Waals surface area (Å²) in [7, 11) is 0. The molecular weight excluding hydrogens is 196 g/mol. The Kier molecular flexibility index (Phi) is 3.60. The highest BCUT2D eigenvalue weighted by molar-refractivity contribution is 5.83. The van der Waals surface area contributed by atoms with Crippen LogP contribution in [0.1, 0.15) is 6.92 Å². The topological polar surface area (TPSA) is 69.9 Å². The van der Waals surface area contributed by atoms with Gasteiger partial charge in [-0.1, -0.05) is 6.58 Å². The van der Waals surface area contributed by atoms with Crippen LogP contribution in [0.15, 0.2) is 17.6 Å². The first-order valence-corrected chi connectivity index (χ1v) is 4.93. The number of carboxylic acid groups (broad SMARTS) is 1. The quantitative estimate of drug-likeness (QED) is 0.493. The molecule has 84 valence electrons. The third kappa shape index (κ3) is 2.43. The molecule has 0 radical (unpaired) electrons. The van der Waals surface area contributed by atoms with Crippen LogP contribution in [0.5, 0.6) is 0 Å². The molecule has 5 nitrogen and oxygen atoms in total. The van der Waals surface area contributed by atoms with E-state index < -0.39 is 12.1 Å². The molecule has 1 rings (SSSR count). The predicted octanol–water partition coefficient (Wildman–Crippen LogP) is -0.133. The molecule has 2 atom stereocenters. The Morgan fingerprint density at radius 2 is 2.47 bits per heavy atom. The van der Waals surface area contributed by atoms with Crippen LogP contribution in [0.3, 0.4) is 0 Å². The second-order valence-corrected chi connectivity index (χ2v) is 3.81. The standard InChI is InChI=1S/C10H16N2O3/c1-3-5-12(7-9(14)15)6-4-11-10(12)8(2)13/h3,8,13H,1,4-7H2,2H3/p+1. The van der Waals surface area contributed by atoms with Crippen LogP contribution >= 0.6 is 0 Å². The van der Waals surface area contributed by atoms with Gasteiger partial charge >= 0.3 is 5.97 Å². The molecule has 0 aromatic carbocycles. The fraction of sp³-hybridized carbons (Fsp3) is 0.600. The smallest absolute Gasteiger partial charge is 0.359 e. The van der Waals surface area contributed by atoms with Gasteiger partial charge in [0.2, 0.25) is 5.84 Å². The summed E-state index contributed by atoms with van der Waals surface area (Å²) in [5, 5.41) is 18.4. The molecular formula is C10H17N2O3+. The number of hydrogen-bond donors (Lipinski definition) is 2. The molecule has 1 heterocycles. The second kappa shape index (κ2) is 4.55. The average molecular weight is 213 g/mol. The average Bonchev–Trinajstić information content (AvgIpc) is 2.47. The molecule has 1 aliphatic rings.